The minimum absolute atomic E-state index is 0. The summed E-state index contributed by atoms with van der Waals surface area (Å²) in [6.07, 6.45) is 0. The second kappa shape index (κ2) is 7.26. The number of nitrogens with two attached hydrogens (primary N) is 2. The van der Waals surface area contributed by atoms with Crippen molar-refractivity contribution in [3.05, 3.63) is 34.6 Å². The van der Waals surface area contributed by atoms with Crippen LogP contribution in [-0.4, -0.2) is 6.54 Å². The van der Waals surface area contributed by atoms with Gasteiger partial charge >= 0.3 is 0 Å². The zero-order chi connectivity index (χ0) is 9.14. The molecule has 4 N–H and O–H groups in total. The molecule has 82 valence electrons. The summed E-state index contributed by atoms with van der Waals surface area (Å²) in [5, 5.41) is 0.327. The van der Waals surface area contributed by atoms with Gasteiger partial charge in [-0.05, 0) is 17.7 Å². The predicted molar refractivity (Wildman–Crippen MR) is 61.9 cm³/mol. The van der Waals surface area contributed by atoms with E-state index >= 15 is 0 Å². The molecule has 0 saturated heterocycles. The van der Waals surface area contributed by atoms with Crippen LogP contribution in [0.25, 0.3) is 0 Å². The topological polar surface area (TPSA) is 52.0 Å². The minimum atomic E-state index is -0.368. The molecule has 6 heteroatoms. The Balaban J connectivity index is 0. The molecule has 0 aromatic heterocycles. The highest BCUT2D eigenvalue weighted by Gasteiger charge is 2.08. The molecular formula is C8H12Cl3FN2. The molecule has 0 aliphatic heterocycles. The Morgan fingerprint density at radius 2 is 1.93 bits per heavy atom. The van der Waals surface area contributed by atoms with Crippen LogP contribution in [0, 0.1) is 5.82 Å². The van der Waals surface area contributed by atoms with Crippen molar-refractivity contribution < 1.29 is 4.39 Å². The first-order valence-corrected chi connectivity index (χ1v) is 3.93. The average Bonchev–Trinajstić information content (AvgIpc) is 2.03. The first-order valence-electron chi connectivity index (χ1n) is 3.55. The number of hydrogen-bond acceptors (Lipinski definition) is 2. The molecular weight excluding hydrogens is 249 g/mol. The molecule has 0 saturated carbocycles. The van der Waals surface area contributed by atoms with Crippen molar-refractivity contribution in [2.24, 2.45) is 11.5 Å². The monoisotopic (exact) mass is 260 g/mol. The fraction of sp³-hybridized carbons (Fsp3) is 0.250. The largest absolute Gasteiger partial charge is 0.329 e. The van der Waals surface area contributed by atoms with Crippen molar-refractivity contribution in [1.29, 1.82) is 0 Å². The summed E-state index contributed by atoms with van der Waals surface area (Å²) in [5.74, 6) is -0.368. The van der Waals surface area contributed by atoms with Gasteiger partial charge in [0, 0.05) is 17.6 Å². The van der Waals surface area contributed by atoms with Gasteiger partial charge in [0.1, 0.15) is 5.82 Å². The zero-order valence-corrected chi connectivity index (χ0v) is 9.63. The van der Waals surface area contributed by atoms with Gasteiger partial charge in [-0.25, -0.2) is 4.39 Å². The fourth-order valence-corrected chi connectivity index (χ4v) is 1.24. The van der Waals surface area contributed by atoms with E-state index in [0.29, 0.717) is 17.1 Å². The molecule has 0 unspecified atom stereocenters. The number of hydrogen-bond donors (Lipinski definition) is 2. The van der Waals surface area contributed by atoms with Crippen LogP contribution < -0.4 is 11.5 Å². The highest BCUT2D eigenvalue weighted by Crippen LogP contribution is 2.21. The van der Waals surface area contributed by atoms with Gasteiger partial charge in [-0.15, -0.1) is 24.8 Å². The molecule has 1 aromatic carbocycles. The van der Waals surface area contributed by atoms with E-state index in [2.05, 4.69) is 0 Å². The molecule has 0 radical (unpaired) electrons. The molecule has 0 bridgehead atoms. The first-order chi connectivity index (χ1) is 5.65. The summed E-state index contributed by atoms with van der Waals surface area (Å²) < 4.78 is 12.6. The second-order valence-electron chi connectivity index (χ2n) is 2.51. The van der Waals surface area contributed by atoms with Gasteiger partial charge in [-0.1, -0.05) is 17.7 Å². The van der Waals surface area contributed by atoms with Crippen LogP contribution in [0.2, 0.25) is 5.02 Å². The number of benzene rings is 1. The Kier molecular flexibility index (Phi) is 8.49. The Labute approximate surface area is 99.6 Å². The molecule has 2 nitrogen and oxygen atoms in total. The van der Waals surface area contributed by atoms with Gasteiger partial charge in [0.15, 0.2) is 0 Å². The Bertz CT molecular complexity index is 283. The van der Waals surface area contributed by atoms with Crippen molar-refractivity contribution in [3.8, 4) is 0 Å². The van der Waals surface area contributed by atoms with E-state index in [1.165, 1.54) is 12.1 Å². The maximum Gasteiger partial charge on any atom is 0.124 e. The van der Waals surface area contributed by atoms with Crippen molar-refractivity contribution in [2.45, 2.75) is 6.04 Å². The van der Waals surface area contributed by atoms with Crippen LogP contribution >= 0.6 is 36.4 Å². The lowest BCUT2D eigenvalue weighted by Crippen LogP contribution is -2.21. The van der Waals surface area contributed by atoms with Gasteiger partial charge in [0.05, 0.1) is 0 Å². The summed E-state index contributed by atoms with van der Waals surface area (Å²) >= 11 is 5.73. The Hall–Kier alpha value is -0.0600. The van der Waals surface area contributed by atoms with Crippen LogP contribution in [0.5, 0.6) is 0 Å². The van der Waals surface area contributed by atoms with E-state index in [-0.39, 0.29) is 36.7 Å². The highest BCUT2D eigenvalue weighted by atomic mass is 35.5. The summed E-state index contributed by atoms with van der Waals surface area (Å²) in [4.78, 5) is 0. The fourth-order valence-electron chi connectivity index (χ4n) is 0.929. The summed E-state index contributed by atoms with van der Waals surface area (Å²) in [5.41, 5.74) is 11.6. The van der Waals surface area contributed by atoms with Gasteiger partial charge in [-0.3, -0.25) is 0 Å². The third-order valence-electron chi connectivity index (χ3n) is 1.62. The zero-order valence-electron chi connectivity index (χ0n) is 7.24. The van der Waals surface area contributed by atoms with E-state index in [9.17, 15) is 4.39 Å². The Morgan fingerprint density at radius 1 is 1.36 bits per heavy atom. The van der Waals surface area contributed by atoms with Crippen molar-refractivity contribution >= 4 is 36.4 Å². The maximum absolute atomic E-state index is 12.6. The first kappa shape index (κ1) is 16.4. The van der Waals surface area contributed by atoms with E-state index in [4.69, 9.17) is 23.1 Å². The lowest BCUT2D eigenvalue weighted by molar-refractivity contribution is 0.625. The lowest BCUT2D eigenvalue weighted by Gasteiger charge is -2.10. The number of rotatable bonds is 2. The van der Waals surface area contributed by atoms with E-state index in [1.807, 2.05) is 0 Å². The summed E-state index contributed by atoms with van der Waals surface area (Å²) in [6.45, 7) is 0.297. The van der Waals surface area contributed by atoms with Crippen LogP contribution in [0.3, 0.4) is 0 Å². The molecule has 0 aliphatic carbocycles. The van der Waals surface area contributed by atoms with Crippen LogP contribution in [0.1, 0.15) is 11.6 Å². The molecule has 1 aromatic rings. The smallest absolute Gasteiger partial charge is 0.124 e. The van der Waals surface area contributed by atoms with E-state index in [1.54, 1.807) is 6.07 Å². The maximum atomic E-state index is 12.6. The van der Waals surface area contributed by atoms with Gasteiger partial charge in [0.25, 0.3) is 0 Å². The molecule has 0 fully saturated rings. The van der Waals surface area contributed by atoms with Gasteiger partial charge in [-0.2, -0.15) is 0 Å². The van der Waals surface area contributed by atoms with Crippen LogP contribution in [0.4, 0.5) is 4.39 Å². The van der Waals surface area contributed by atoms with Gasteiger partial charge in [0.2, 0.25) is 0 Å². The van der Waals surface area contributed by atoms with E-state index in [0.717, 1.165) is 0 Å². The van der Waals surface area contributed by atoms with Crippen LogP contribution in [-0.2, 0) is 0 Å². The van der Waals surface area contributed by atoms with Crippen molar-refractivity contribution in [1.82, 2.24) is 0 Å². The third kappa shape index (κ3) is 3.98. The average molecular weight is 262 g/mol. The molecule has 0 heterocycles. The summed E-state index contributed by atoms with van der Waals surface area (Å²) in [7, 11) is 0. The normalized spacial score (nSPS) is 11.1. The van der Waals surface area contributed by atoms with Crippen molar-refractivity contribution in [3.63, 3.8) is 0 Å². The van der Waals surface area contributed by atoms with Crippen molar-refractivity contribution in [2.75, 3.05) is 6.54 Å². The number of halogens is 4. The van der Waals surface area contributed by atoms with E-state index < -0.39 is 0 Å². The predicted octanol–water partition coefficient (Wildman–Crippen LogP) is 2.28. The molecule has 0 spiro atoms. The second-order valence-corrected chi connectivity index (χ2v) is 2.92. The SMILES string of the molecule is Cl.Cl.NC[C@@H](N)c1ccc(F)cc1Cl. The lowest BCUT2D eigenvalue weighted by atomic mass is 10.1. The quantitative estimate of drug-likeness (QED) is 0.858. The minimum Gasteiger partial charge on any atom is -0.329 e. The highest BCUT2D eigenvalue weighted by molar-refractivity contribution is 6.31. The molecule has 0 aliphatic rings. The molecule has 1 rings (SSSR count). The third-order valence-corrected chi connectivity index (χ3v) is 1.94. The van der Waals surface area contributed by atoms with Gasteiger partial charge < -0.3 is 11.5 Å². The molecule has 1 atom stereocenters. The standard InChI is InChI=1S/C8H10ClFN2.2ClH/c9-7-3-5(10)1-2-6(7)8(12)4-11;;/h1-3,8H,4,11-12H2;2*1H/t8-;;/m1../s1. The molecule has 0 amide bonds. The summed E-state index contributed by atoms with van der Waals surface area (Å²) in [6, 6.07) is 3.77. The molecule has 14 heavy (non-hydrogen) atoms. The van der Waals surface area contributed by atoms with Crippen LogP contribution in [0.15, 0.2) is 18.2 Å². The Morgan fingerprint density at radius 3 is 2.36 bits per heavy atom.